The summed E-state index contributed by atoms with van der Waals surface area (Å²) in [6.45, 7) is 9.25. The van der Waals surface area contributed by atoms with E-state index in [4.69, 9.17) is 0 Å². The van der Waals surface area contributed by atoms with Crippen molar-refractivity contribution in [2.24, 2.45) is 0 Å². The van der Waals surface area contributed by atoms with E-state index < -0.39 is 0 Å². The second-order valence-electron chi connectivity index (χ2n) is 9.00. The average molecular weight is 457 g/mol. The third kappa shape index (κ3) is 4.52. The first kappa shape index (κ1) is 22.7. The van der Waals surface area contributed by atoms with Crippen LogP contribution in [0.15, 0.2) is 109 Å². The van der Waals surface area contributed by atoms with E-state index in [2.05, 4.69) is 103 Å². The van der Waals surface area contributed by atoms with Crippen LogP contribution in [-0.2, 0) is 6.42 Å². The van der Waals surface area contributed by atoms with Gasteiger partial charge >= 0.3 is 0 Å². The number of para-hydroxylation sites is 1. The number of nitrogens with one attached hydrogen (secondary N) is 2. The van der Waals surface area contributed by atoms with Gasteiger partial charge in [0.05, 0.1) is 0 Å². The molecule has 5 aromatic carbocycles. The van der Waals surface area contributed by atoms with Gasteiger partial charge in [0.25, 0.3) is 0 Å². The maximum absolute atomic E-state index is 4.18. The van der Waals surface area contributed by atoms with E-state index in [1.54, 1.807) is 0 Å². The molecule has 2 heteroatoms. The Labute approximate surface area is 208 Å². The molecule has 0 aliphatic carbocycles. The fraction of sp³-hybridized carbons (Fsp3) is 0.152. The van der Waals surface area contributed by atoms with Gasteiger partial charge in [-0.05, 0) is 65.1 Å². The van der Waals surface area contributed by atoms with Crippen molar-refractivity contribution in [1.82, 2.24) is 0 Å². The molecule has 0 heterocycles. The van der Waals surface area contributed by atoms with E-state index in [1.165, 1.54) is 49.3 Å². The third-order valence-corrected chi connectivity index (χ3v) is 6.73. The number of rotatable bonds is 9. The molecule has 0 fully saturated rings. The van der Waals surface area contributed by atoms with Crippen molar-refractivity contribution >= 4 is 49.4 Å². The minimum absolute atomic E-state index is 0.851. The predicted octanol–water partition coefficient (Wildman–Crippen LogP) is 9.38. The van der Waals surface area contributed by atoms with Crippen LogP contribution in [0.1, 0.15) is 25.8 Å². The maximum Gasteiger partial charge on any atom is 0.0464 e. The largest absolute Gasteiger partial charge is 0.384 e. The maximum atomic E-state index is 4.18. The second-order valence-corrected chi connectivity index (χ2v) is 9.00. The number of hydrogen-bond donors (Lipinski definition) is 2. The zero-order valence-corrected chi connectivity index (χ0v) is 20.6. The molecule has 174 valence electrons. The second kappa shape index (κ2) is 10.1. The number of benzene rings is 5. The first-order valence-corrected chi connectivity index (χ1v) is 12.5. The van der Waals surface area contributed by atoms with Crippen molar-refractivity contribution < 1.29 is 0 Å². The van der Waals surface area contributed by atoms with E-state index >= 15 is 0 Å². The molecule has 5 rings (SSSR count). The number of aryl methyl sites for hydroxylation is 1. The minimum atomic E-state index is 0.851. The Morgan fingerprint density at radius 1 is 0.771 bits per heavy atom. The van der Waals surface area contributed by atoms with Gasteiger partial charge in [-0.3, -0.25) is 0 Å². The third-order valence-electron chi connectivity index (χ3n) is 6.73. The van der Waals surface area contributed by atoms with Crippen molar-refractivity contribution in [3.8, 4) is 0 Å². The summed E-state index contributed by atoms with van der Waals surface area (Å²) in [5.41, 5.74) is 5.95. The average Bonchev–Trinajstić information content (AvgIpc) is 2.89. The summed E-state index contributed by atoms with van der Waals surface area (Å²) in [6, 6.07) is 26.5. The van der Waals surface area contributed by atoms with E-state index in [1.807, 2.05) is 25.2 Å². The van der Waals surface area contributed by atoms with Crippen molar-refractivity contribution in [3.05, 3.63) is 115 Å². The lowest BCUT2D eigenvalue weighted by Crippen LogP contribution is -2.03. The first-order chi connectivity index (χ1) is 17.2. The van der Waals surface area contributed by atoms with Gasteiger partial charge in [0.1, 0.15) is 0 Å². The van der Waals surface area contributed by atoms with Crippen molar-refractivity contribution in [2.75, 3.05) is 17.2 Å². The molecular weight excluding hydrogens is 424 g/mol. The number of allylic oxidation sites excluding steroid dienone is 4. The lowest BCUT2D eigenvalue weighted by molar-refractivity contribution is 1.03. The number of anilines is 3. The SMILES string of the molecule is C=C(/C=C\C=C/C)CCNc1ccc2ccc3c(Nc4ccccc4CC)ccc4ccc1c2c43. The van der Waals surface area contributed by atoms with Gasteiger partial charge in [-0.15, -0.1) is 0 Å². The molecule has 0 aromatic heterocycles. The summed E-state index contributed by atoms with van der Waals surface area (Å²) in [5, 5.41) is 15.1. The van der Waals surface area contributed by atoms with E-state index in [-0.39, 0.29) is 0 Å². The van der Waals surface area contributed by atoms with Gasteiger partial charge < -0.3 is 10.6 Å². The smallest absolute Gasteiger partial charge is 0.0464 e. The van der Waals surface area contributed by atoms with E-state index in [0.717, 1.165) is 30.6 Å². The molecule has 0 aliphatic heterocycles. The topological polar surface area (TPSA) is 24.1 Å². The van der Waals surface area contributed by atoms with Gasteiger partial charge in [-0.2, -0.15) is 0 Å². The Hall–Kier alpha value is -4.04. The Kier molecular flexibility index (Phi) is 6.54. The molecule has 35 heavy (non-hydrogen) atoms. The van der Waals surface area contributed by atoms with Gasteiger partial charge in [-0.1, -0.05) is 98.0 Å². The van der Waals surface area contributed by atoms with Crippen LogP contribution >= 0.6 is 0 Å². The van der Waals surface area contributed by atoms with Crippen LogP contribution in [0.3, 0.4) is 0 Å². The lowest BCUT2D eigenvalue weighted by atomic mass is 9.92. The Morgan fingerprint density at radius 3 is 2.14 bits per heavy atom. The van der Waals surface area contributed by atoms with Gasteiger partial charge in [0.2, 0.25) is 0 Å². The molecule has 0 saturated carbocycles. The van der Waals surface area contributed by atoms with Crippen LogP contribution in [-0.4, -0.2) is 6.54 Å². The summed E-state index contributed by atoms with van der Waals surface area (Å²) >= 11 is 0. The zero-order chi connectivity index (χ0) is 24.2. The summed E-state index contributed by atoms with van der Waals surface area (Å²) in [5.74, 6) is 0. The molecule has 0 bridgehead atoms. The molecule has 0 spiro atoms. The predicted molar refractivity (Wildman–Crippen MR) is 155 cm³/mol. The van der Waals surface area contributed by atoms with Crippen molar-refractivity contribution in [1.29, 1.82) is 0 Å². The number of hydrogen-bond acceptors (Lipinski definition) is 2. The molecule has 0 aliphatic rings. The summed E-state index contributed by atoms with van der Waals surface area (Å²) in [6.07, 6.45) is 10.1. The molecule has 0 unspecified atom stereocenters. The van der Waals surface area contributed by atoms with Crippen LogP contribution in [0.25, 0.3) is 32.3 Å². The molecule has 5 aromatic rings. The minimum Gasteiger partial charge on any atom is -0.384 e. The monoisotopic (exact) mass is 456 g/mol. The van der Waals surface area contributed by atoms with Crippen LogP contribution in [0, 0.1) is 0 Å². The summed E-state index contributed by atoms with van der Waals surface area (Å²) in [4.78, 5) is 0. The molecule has 0 radical (unpaired) electrons. The molecule has 0 amide bonds. The zero-order valence-electron chi connectivity index (χ0n) is 20.6. The molecular formula is C33H32N2. The Bertz CT molecular complexity index is 1550. The first-order valence-electron chi connectivity index (χ1n) is 12.5. The lowest BCUT2D eigenvalue weighted by Gasteiger charge is -2.18. The highest BCUT2D eigenvalue weighted by Crippen LogP contribution is 2.41. The van der Waals surface area contributed by atoms with Gasteiger partial charge in [0, 0.05) is 34.4 Å². The van der Waals surface area contributed by atoms with Crippen LogP contribution in [0.5, 0.6) is 0 Å². The highest BCUT2D eigenvalue weighted by molar-refractivity contribution is 6.27. The Morgan fingerprint density at radius 2 is 1.43 bits per heavy atom. The van der Waals surface area contributed by atoms with Crippen LogP contribution in [0.2, 0.25) is 0 Å². The van der Waals surface area contributed by atoms with Crippen LogP contribution < -0.4 is 10.6 Å². The molecule has 2 nitrogen and oxygen atoms in total. The fourth-order valence-corrected chi connectivity index (χ4v) is 4.90. The van der Waals surface area contributed by atoms with Gasteiger partial charge in [-0.25, -0.2) is 0 Å². The van der Waals surface area contributed by atoms with Crippen molar-refractivity contribution in [2.45, 2.75) is 26.7 Å². The van der Waals surface area contributed by atoms with E-state index in [9.17, 15) is 0 Å². The molecule has 0 saturated heterocycles. The fourth-order valence-electron chi connectivity index (χ4n) is 4.90. The van der Waals surface area contributed by atoms with Gasteiger partial charge in [0.15, 0.2) is 0 Å². The highest BCUT2D eigenvalue weighted by atomic mass is 14.9. The summed E-state index contributed by atoms with van der Waals surface area (Å²) < 4.78 is 0. The quantitative estimate of drug-likeness (QED) is 0.170. The van der Waals surface area contributed by atoms with Crippen LogP contribution in [0.4, 0.5) is 17.1 Å². The Balaban J connectivity index is 1.51. The highest BCUT2D eigenvalue weighted by Gasteiger charge is 2.13. The standard InChI is InChI=1S/C33H32N2/c1-4-6-7-10-23(3)21-22-34-30-19-15-25-14-18-28-31(35-29-12-9-8-11-24(29)5-2)20-16-26-13-17-27(30)32(25)33(26)28/h4,6-20,34-35H,3,5,21-22H2,1-2H3/b6-4-,10-7-. The van der Waals surface area contributed by atoms with E-state index in [0.29, 0.717) is 0 Å². The normalized spacial score (nSPS) is 11.9. The molecule has 2 N–H and O–H groups in total. The summed E-state index contributed by atoms with van der Waals surface area (Å²) in [7, 11) is 0. The van der Waals surface area contributed by atoms with Crippen molar-refractivity contribution in [3.63, 3.8) is 0 Å². The molecule has 0 atom stereocenters.